The molecule has 3 aromatic rings. The van der Waals surface area contributed by atoms with Crippen LogP contribution in [-0.2, 0) is 25.1 Å². The molecule has 0 aliphatic carbocycles. The van der Waals surface area contributed by atoms with Crippen LogP contribution in [0, 0.1) is 5.82 Å². The van der Waals surface area contributed by atoms with E-state index < -0.39 is 31.5 Å². The number of benzene rings is 1. The van der Waals surface area contributed by atoms with Crippen LogP contribution in [0.4, 0.5) is 4.39 Å². The highest BCUT2D eigenvalue weighted by Crippen LogP contribution is 2.36. The fourth-order valence-electron chi connectivity index (χ4n) is 3.48. The smallest absolute Gasteiger partial charge is 0.330 e. The standard InChI is InChI=1S/C23H32FN3O4Si/c1-23(2,3)32(6,7)31-14-17(28)12-27-13-18-19(21(29)26(5)22(30)25(18)4)20(27)15-9-8-10-16(24)11-15/h8-11,13,17,28H,12,14H2,1-7H3. The van der Waals surface area contributed by atoms with E-state index in [-0.39, 0.29) is 18.2 Å². The van der Waals surface area contributed by atoms with E-state index in [1.54, 1.807) is 29.9 Å². The second-order valence-electron chi connectivity index (χ2n) is 9.83. The molecule has 0 spiro atoms. The van der Waals surface area contributed by atoms with Crippen molar-refractivity contribution in [2.24, 2.45) is 14.1 Å². The van der Waals surface area contributed by atoms with Crippen LogP contribution in [0.3, 0.4) is 0 Å². The molecule has 174 valence electrons. The molecule has 1 N–H and O–H groups in total. The summed E-state index contributed by atoms with van der Waals surface area (Å²) in [6.07, 6.45) is 0.813. The van der Waals surface area contributed by atoms with Gasteiger partial charge in [-0.25, -0.2) is 9.18 Å². The number of fused-ring (bicyclic) bond motifs is 1. The van der Waals surface area contributed by atoms with E-state index in [0.29, 0.717) is 22.2 Å². The number of hydrogen-bond donors (Lipinski definition) is 1. The summed E-state index contributed by atoms with van der Waals surface area (Å²) in [6, 6.07) is 5.94. The molecule has 0 saturated carbocycles. The zero-order chi connectivity index (χ0) is 24.0. The number of halogens is 1. The van der Waals surface area contributed by atoms with Crippen LogP contribution in [0.5, 0.6) is 0 Å². The van der Waals surface area contributed by atoms with Crippen LogP contribution in [0.2, 0.25) is 18.1 Å². The number of aromatic nitrogens is 3. The maximum atomic E-state index is 14.0. The first kappa shape index (κ1) is 24.2. The summed E-state index contributed by atoms with van der Waals surface area (Å²) in [5.74, 6) is -0.438. The molecule has 0 amide bonds. The molecular weight excluding hydrogens is 429 g/mol. The zero-order valence-electron chi connectivity index (χ0n) is 19.8. The van der Waals surface area contributed by atoms with E-state index in [9.17, 15) is 19.1 Å². The van der Waals surface area contributed by atoms with Gasteiger partial charge in [0, 0.05) is 25.9 Å². The number of aryl methyl sites for hydroxylation is 1. The summed E-state index contributed by atoms with van der Waals surface area (Å²) in [6.45, 7) is 10.9. The van der Waals surface area contributed by atoms with Crippen LogP contribution >= 0.6 is 0 Å². The molecule has 0 saturated heterocycles. The van der Waals surface area contributed by atoms with Gasteiger partial charge in [0.25, 0.3) is 5.56 Å². The molecule has 32 heavy (non-hydrogen) atoms. The fourth-order valence-corrected chi connectivity index (χ4v) is 4.52. The second kappa shape index (κ2) is 8.46. The Balaban J connectivity index is 2.10. The second-order valence-corrected chi connectivity index (χ2v) is 14.6. The van der Waals surface area contributed by atoms with Crippen LogP contribution < -0.4 is 11.2 Å². The quantitative estimate of drug-likeness (QED) is 0.572. The Morgan fingerprint density at radius 1 is 1.16 bits per heavy atom. The van der Waals surface area contributed by atoms with E-state index >= 15 is 0 Å². The predicted octanol–water partition coefficient (Wildman–Crippen LogP) is 3.23. The first-order chi connectivity index (χ1) is 14.7. The number of aliphatic hydroxyl groups excluding tert-OH is 1. The third kappa shape index (κ3) is 4.37. The van der Waals surface area contributed by atoms with Gasteiger partial charge in [0.1, 0.15) is 5.82 Å². The minimum atomic E-state index is -2.05. The summed E-state index contributed by atoms with van der Waals surface area (Å²) < 4.78 is 24.3. The van der Waals surface area contributed by atoms with Gasteiger partial charge >= 0.3 is 5.69 Å². The SMILES string of the molecule is Cn1c(=O)c2c(-c3cccc(F)c3)n(CC(O)CO[Si](C)(C)C(C)(C)C)cc2n(C)c1=O. The van der Waals surface area contributed by atoms with Crippen LogP contribution in [0.1, 0.15) is 20.8 Å². The summed E-state index contributed by atoms with van der Waals surface area (Å²) >= 11 is 0. The van der Waals surface area contributed by atoms with Crippen molar-refractivity contribution in [2.45, 2.75) is 51.6 Å². The minimum absolute atomic E-state index is 0.00602. The van der Waals surface area contributed by atoms with Crippen molar-refractivity contribution < 1.29 is 13.9 Å². The first-order valence-corrected chi connectivity index (χ1v) is 13.5. The average molecular weight is 462 g/mol. The molecule has 0 fully saturated rings. The minimum Gasteiger partial charge on any atom is -0.414 e. The predicted molar refractivity (Wildman–Crippen MR) is 127 cm³/mol. The molecule has 1 aromatic carbocycles. The molecule has 2 aromatic heterocycles. The van der Waals surface area contributed by atoms with Gasteiger partial charge in [0.15, 0.2) is 8.32 Å². The van der Waals surface area contributed by atoms with E-state index in [2.05, 4.69) is 33.9 Å². The normalized spacial score (nSPS) is 13.7. The topological polar surface area (TPSA) is 78.4 Å². The lowest BCUT2D eigenvalue weighted by molar-refractivity contribution is 0.0863. The largest absolute Gasteiger partial charge is 0.414 e. The van der Waals surface area contributed by atoms with Crippen molar-refractivity contribution in [3.8, 4) is 11.3 Å². The maximum Gasteiger partial charge on any atom is 0.330 e. The van der Waals surface area contributed by atoms with E-state index in [1.807, 2.05) is 0 Å². The molecule has 2 heterocycles. The summed E-state index contributed by atoms with van der Waals surface area (Å²) in [5, 5.41) is 11.1. The molecule has 9 heteroatoms. The molecule has 0 bridgehead atoms. The molecule has 1 unspecified atom stereocenters. The Morgan fingerprint density at radius 2 is 1.81 bits per heavy atom. The monoisotopic (exact) mass is 461 g/mol. The Morgan fingerprint density at radius 3 is 2.41 bits per heavy atom. The lowest BCUT2D eigenvalue weighted by Gasteiger charge is -2.36. The number of nitrogens with zero attached hydrogens (tertiary/aromatic N) is 3. The van der Waals surface area contributed by atoms with Gasteiger partial charge in [-0.1, -0.05) is 32.9 Å². The van der Waals surface area contributed by atoms with Gasteiger partial charge in [0.05, 0.1) is 35.9 Å². The van der Waals surface area contributed by atoms with Gasteiger partial charge in [-0.2, -0.15) is 0 Å². The van der Waals surface area contributed by atoms with Crippen molar-refractivity contribution in [3.63, 3.8) is 0 Å². The molecule has 3 rings (SSSR count). The third-order valence-electron chi connectivity index (χ3n) is 6.46. The molecule has 0 radical (unpaired) electrons. The van der Waals surface area contributed by atoms with Crippen LogP contribution in [0.15, 0.2) is 40.1 Å². The fraction of sp³-hybridized carbons (Fsp3) is 0.478. The van der Waals surface area contributed by atoms with Crippen molar-refractivity contribution in [3.05, 3.63) is 57.1 Å². The lowest BCUT2D eigenvalue weighted by Crippen LogP contribution is -2.43. The van der Waals surface area contributed by atoms with Crippen LogP contribution in [-0.4, -0.2) is 39.8 Å². The third-order valence-corrected chi connectivity index (χ3v) is 11.0. The molecular formula is C23H32FN3O4Si. The van der Waals surface area contributed by atoms with Gasteiger partial charge < -0.3 is 14.1 Å². The zero-order valence-corrected chi connectivity index (χ0v) is 20.8. The Hall–Kier alpha value is -2.49. The Bertz CT molecular complexity index is 1270. The van der Waals surface area contributed by atoms with E-state index in [1.165, 1.54) is 23.7 Å². The lowest BCUT2D eigenvalue weighted by atomic mass is 10.1. The highest BCUT2D eigenvalue weighted by Gasteiger charge is 2.37. The molecule has 7 nitrogen and oxygen atoms in total. The Labute approximate surface area is 187 Å². The first-order valence-electron chi connectivity index (χ1n) is 10.6. The maximum absolute atomic E-state index is 14.0. The number of aliphatic hydroxyl groups is 1. The van der Waals surface area contributed by atoms with Crippen molar-refractivity contribution in [1.29, 1.82) is 0 Å². The summed E-state index contributed by atoms with van der Waals surface area (Å²) in [7, 11) is 0.947. The molecule has 1 atom stereocenters. The molecule has 0 aliphatic rings. The van der Waals surface area contributed by atoms with Gasteiger partial charge in [-0.05, 0) is 30.3 Å². The van der Waals surface area contributed by atoms with Gasteiger partial charge in [0.2, 0.25) is 0 Å². The number of rotatable bonds is 6. The van der Waals surface area contributed by atoms with Gasteiger partial charge in [-0.3, -0.25) is 13.9 Å². The van der Waals surface area contributed by atoms with E-state index in [0.717, 1.165) is 4.57 Å². The van der Waals surface area contributed by atoms with E-state index in [4.69, 9.17) is 4.43 Å². The van der Waals surface area contributed by atoms with Crippen molar-refractivity contribution >= 4 is 19.2 Å². The number of hydrogen-bond acceptors (Lipinski definition) is 4. The van der Waals surface area contributed by atoms with Gasteiger partial charge in [-0.15, -0.1) is 0 Å². The highest BCUT2D eigenvalue weighted by molar-refractivity contribution is 6.74. The van der Waals surface area contributed by atoms with Crippen molar-refractivity contribution in [2.75, 3.05) is 6.61 Å². The summed E-state index contributed by atoms with van der Waals surface area (Å²) in [4.78, 5) is 25.4. The molecule has 0 aliphatic heterocycles. The van der Waals surface area contributed by atoms with Crippen molar-refractivity contribution in [1.82, 2.24) is 13.7 Å². The average Bonchev–Trinajstić information content (AvgIpc) is 3.07. The highest BCUT2D eigenvalue weighted by atomic mass is 28.4. The summed E-state index contributed by atoms with van der Waals surface area (Å²) in [5.41, 5.74) is 0.464. The Kier molecular flexibility index (Phi) is 6.38. The van der Waals surface area contributed by atoms with Crippen LogP contribution in [0.25, 0.3) is 22.2 Å².